The maximum Gasteiger partial charge on any atom is 0.160 e. The van der Waals surface area contributed by atoms with Crippen LogP contribution in [0.25, 0.3) is 0 Å². The summed E-state index contributed by atoms with van der Waals surface area (Å²) in [6.07, 6.45) is 3.17. The van der Waals surface area contributed by atoms with E-state index in [0.29, 0.717) is 5.76 Å². The van der Waals surface area contributed by atoms with Crippen LogP contribution in [-0.2, 0) is 0 Å². The second-order valence-corrected chi connectivity index (χ2v) is 2.42. The van der Waals surface area contributed by atoms with Crippen LogP contribution in [0.5, 0.6) is 0 Å². The molecule has 4 heteroatoms. The average molecular weight is 157 g/mol. The highest BCUT2D eigenvalue weighted by Gasteiger charge is 1.95. The summed E-state index contributed by atoms with van der Waals surface area (Å²) in [5.41, 5.74) is 0. The number of hydrogen-bond acceptors (Lipinski definition) is 4. The molecule has 1 aromatic rings. The van der Waals surface area contributed by atoms with Crippen LogP contribution in [0.15, 0.2) is 26.8 Å². The topological polar surface area (TPSA) is 45.7 Å². The molecule has 0 amide bonds. The van der Waals surface area contributed by atoms with E-state index in [2.05, 4.69) is 5.16 Å². The smallest absolute Gasteiger partial charge is 0.160 e. The summed E-state index contributed by atoms with van der Waals surface area (Å²) >= 11 is 1.51. The van der Waals surface area contributed by atoms with Gasteiger partial charge in [0.2, 0.25) is 0 Å². The highest BCUT2D eigenvalue weighted by atomic mass is 32.2. The van der Waals surface area contributed by atoms with E-state index < -0.39 is 0 Å². The molecule has 1 N–H and O–H groups in total. The van der Waals surface area contributed by atoms with Crippen LogP contribution in [0.2, 0.25) is 0 Å². The quantitative estimate of drug-likeness (QED) is 0.308. The Balaban J connectivity index is 2.78. The maximum atomic E-state index is 8.10. The number of hydrogen-bond donors (Lipinski definition) is 1. The van der Waals surface area contributed by atoms with Crippen LogP contribution in [-0.4, -0.2) is 17.7 Å². The van der Waals surface area contributed by atoms with Gasteiger partial charge in [-0.1, -0.05) is 16.9 Å². The van der Waals surface area contributed by atoms with Gasteiger partial charge >= 0.3 is 0 Å². The summed E-state index contributed by atoms with van der Waals surface area (Å²) in [6.45, 7) is 0. The molecule has 3 nitrogen and oxygen atoms in total. The summed E-state index contributed by atoms with van der Waals surface area (Å²) in [5.74, 6) is 0.562. The Morgan fingerprint density at radius 2 is 2.50 bits per heavy atom. The third kappa shape index (κ3) is 1.54. The van der Waals surface area contributed by atoms with Crippen molar-refractivity contribution in [3.63, 3.8) is 0 Å². The lowest BCUT2D eigenvalue weighted by atomic mass is 10.5. The minimum Gasteiger partial charge on any atom is -0.449 e. The molecule has 0 saturated carbocycles. The van der Waals surface area contributed by atoms with Gasteiger partial charge in [-0.3, -0.25) is 0 Å². The summed E-state index contributed by atoms with van der Waals surface area (Å²) in [4.78, 5) is 0. The van der Waals surface area contributed by atoms with Gasteiger partial charge in [-0.05, 0) is 18.4 Å². The van der Waals surface area contributed by atoms with Crippen molar-refractivity contribution in [2.45, 2.75) is 5.09 Å². The van der Waals surface area contributed by atoms with E-state index in [-0.39, 0.29) is 0 Å². The molecule has 0 aliphatic carbocycles. The van der Waals surface area contributed by atoms with Gasteiger partial charge in [0, 0.05) is 0 Å². The monoisotopic (exact) mass is 157 g/mol. The van der Waals surface area contributed by atoms with Crippen molar-refractivity contribution in [2.24, 2.45) is 5.16 Å². The molecule has 1 rings (SSSR count). The molecule has 0 saturated heterocycles. The molecule has 0 fully saturated rings. The first kappa shape index (κ1) is 7.21. The molecule has 0 radical (unpaired) electrons. The maximum absolute atomic E-state index is 8.10. The van der Waals surface area contributed by atoms with Gasteiger partial charge in [-0.2, -0.15) is 0 Å². The Labute approximate surface area is 62.7 Å². The standard InChI is InChI=1S/C6H7NO2S/c1-10-6-3-2-5(9-6)4-7-8/h2-4,8H,1H3/b7-4-. The zero-order chi connectivity index (χ0) is 7.40. The van der Waals surface area contributed by atoms with Crippen molar-refractivity contribution in [1.82, 2.24) is 0 Å². The lowest BCUT2D eigenvalue weighted by Gasteiger charge is -1.83. The second-order valence-electron chi connectivity index (χ2n) is 1.61. The summed E-state index contributed by atoms with van der Waals surface area (Å²) < 4.78 is 5.13. The fourth-order valence-electron chi connectivity index (χ4n) is 0.570. The fraction of sp³-hybridized carbons (Fsp3) is 0.167. The molecule has 0 aliphatic rings. The van der Waals surface area contributed by atoms with Crippen molar-refractivity contribution in [2.75, 3.05) is 6.26 Å². The Bertz CT molecular complexity index is 231. The molecular weight excluding hydrogens is 150 g/mol. The van der Waals surface area contributed by atoms with E-state index in [1.807, 2.05) is 12.3 Å². The normalized spacial score (nSPS) is 10.9. The van der Waals surface area contributed by atoms with Crippen LogP contribution in [0, 0.1) is 0 Å². The highest BCUT2D eigenvalue weighted by molar-refractivity contribution is 7.98. The van der Waals surface area contributed by atoms with E-state index in [0.717, 1.165) is 5.09 Å². The second kappa shape index (κ2) is 3.31. The van der Waals surface area contributed by atoms with Gasteiger partial charge in [-0.25, -0.2) is 0 Å². The van der Waals surface area contributed by atoms with E-state index in [1.54, 1.807) is 6.07 Å². The molecule has 0 bridgehead atoms. The SMILES string of the molecule is CSc1ccc(/C=N\O)o1. The number of rotatable bonds is 2. The summed E-state index contributed by atoms with van der Waals surface area (Å²) in [6, 6.07) is 3.56. The predicted octanol–water partition coefficient (Wildman–Crippen LogP) is 1.81. The average Bonchev–Trinajstić information content (AvgIpc) is 2.37. The molecule has 10 heavy (non-hydrogen) atoms. The van der Waals surface area contributed by atoms with Gasteiger partial charge in [0.15, 0.2) is 5.09 Å². The molecule has 0 atom stereocenters. The lowest BCUT2D eigenvalue weighted by Crippen LogP contribution is -1.71. The Morgan fingerprint density at radius 1 is 1.70 bits per heavy atom. The number of nitrogens with zero attached hydrogens (tertiary/aromatic N) is 1. The zero-order valence-corrected chi connectivity index (χ0v) is 6.26. The van der Waals surface area contributed by atoms with E-state index in [4.69, 9.17) is 9.62 Å². The first-order chi connectivity index (χ1) is 4.86. The van der Waals surface area contributed by atoms with E-state index >= 15 is 0 Å². The minimum absolute atomic E-state index is 0.562. The predicted molar refractivity (Wildman–Crippen MR) is 39.9 cm³/mol. The third-order valence-corrected chi connectivity index (χ3v) is 1.61. The van der Waals surface area contributed by atoms with Gasteiger partial charge in [0.1, 0.15) is 12.0 Å². The third-order valence-electron chi connectivity index (χ3n) is 0.988. The fourth-order valence-corrected chi connectivity index (χ4v) is 0.954. The van der Waals surface area contributed by atoms with Crippen molar-refractivity contribution in [3.05, 3.63) is 17.9 Å². The van der Waals surface area contributed by atoms with Crippen molar-refractivity contribution in [3.8, 4) is 0 Å². The van der Waals surface area contributed by atoms with E-state index in [1.165, 1.54) is 18.0 Å². The molecule has 54 valence electrons. The first-order valence-corrected chi connectivity index (χ1v) is 3.90. The molecule has 0 unspecified atom stereocenters. The Kier molecular flexibility index (Phi) is 2.39. The zero-order valence-electron chi connectivity index (χ0n) is 5.44. The van der Waals surface area contributed by atoms with Crippen LogP contribution in [0.1, 0.15) is 5.76 Å². The Hall–Kier alpha value is -0.900. The lowest BCUT2D eigenvalue weighted by molar-refractivity contribution is 0.320. The van der Waals surface area contributed by atoms with Crippen LogP contribution < -0.4 is 0 Å². The first-order valence-electron chi connectivity index (χ1n) is 2.68. The van der Waals surface area contributed by atoms with Crippen molar-refractivity contribution in [1.29, 1.82) is 0 Å². The molecule has 0 aliphatic heterocycles. The highest BCUT2D eigenvalue weighted by Crippen LogP contribution is 2.16. The number of thioether (sulfide) groups is 1. The van der Waals surface area contributed by atoms with Gasteiger partial charge in [0.05, 0.1) is 0 Å². The van der Waals surface area contributed by atoms with Crippen LogP contribution >= 0.6 is 11.8 Å². The molecular formula is C6H7NO2S. The summed E-state index contributed by atoms with van der Waals surface area (Å²) in [7, 11) is 0. The van der Waals surface area contributed by atoms with Crippen molar-refractivity contribution >= 4 is 18.0 Å². The minimum atomic E-state index is 0.562. The molecule has 1 heterocycles. The Morgan fingerprint density at radius 3 is 3.00 bits per heavy atom. The molecule has 0 aromatic carbocycles. The number of oxime groups is 1. The van der Waals surface area contributed by atoms with Gasteiger partial charge in [0.25, 0.3) is 0 Å². The summed E-state index contributed by atoms with van der Waals surface area (Å²) in [5, 5.41) is 11.7. The molecule has 0 spiro atoms. The van der Waals surface area contributed by atoms with Gasteiger partial charge < -0.3 is 9.62 Å². The molecule has 1 aromatic heterocycles. The van der Waals surface area contributed by atoms with E-state index in [9.17, 15) is 0 Å². The van der Waals surface area contributed by atoms with Crippen LogP contribution in [0.3, 0.4) is 0 Å². The van der Waals surface area contributed by atoms with Gasteiger partial charge in [-0.15, -0.1) is 0 Å². The van der Waals surface area contributed by atoms with Crippen molar-refractivity contribution < 1.29 is 9.62 Å². The largest absolute Gasteiger partial charge is 0.449 e. The number of furan rings is 1. The van der Waals surface area contributed by atoms with Crippen LogP contribution in [0.4, 0.5) is 0 Å².